The van der Waals surface area contributed by atoms with Crippen molar-refractivity contribution in [3.05, 3.63) is 40.7 Å². The first kappa shape index (κ1) is 12.6. The summed E-state index contributed by atoms with van der Waals surface area (Å²) in [4.78, 5) is 14.9. The quantitative estimate of drug-likeness (QED) is 0.933. The van der Waals surface area contributed by atoms with Gasteiger partial charge in [-0.05, 0) is 18.2 Å². The van der Waals surface area contributed by atoms with Gasteiger partial charge in [0.25, 0.3) is 12.3 Å². The van der Waals surface area contributed by atoms with Crippen molar-refractivity contribution < 1.29 is 18.0 Å². The van der Waals surface area contributed by atoms with Gasteiger partial charge in [-0.1, -0.05) is 0 Å². The second kappa shape index (κ2) is 4.77. The van der Waals surface area contributed by atoms with Crippen LogP contribution in [0, 0.1) is 5.82 Å². The van der Waals surface area contributed by atoms with Gasteiger partial charge in [-0.3, -0.25) is 4.79 Å². The van der Waals surface area contributed by atoms with Crippen molar-refractivity contribution in [3.63, 3.8) is 0 Å². The molecule has 18 heavy (non-hydrogen) atoms. The Labute approximate surface area is 104 Å². The molecular formula is C11H7F3N2OS. The van der Waals surface area contributed by atoms with Crippen LogP contribution >= 0.6 is 11.3 Å². The van der Waals surface area contributed by atoms with Crippen LogP contribution in [-0.4, -0.2) is 10.9 Å². The minimum absolute atomic E-state index is 0.188. The van der Waals surface area contributed by atoms with Gasteiger partial charge in [-0.15, -0.1) is 11.3 Å². The molecule has 0 unspecified atom stereocenters. The van der Waals surface area contributed by atoms with Crippen LogP contribution in [0.5, 0.6) is 0 Å². The molecule has 0 spiro atoms. The zero-order valence-electron chi connectivity index (χ0n) is 8.86. The molecule has 1 heterocycles. The highest BCUT2D eigenvalue weighted by Crippen LogP contribution is 2.29. The number of nitrogens with two attached hydrogens (primary N) is 1. The first-order chi connectivity index (χ1) is 8.47. The van der Waals surface area contributed by atoms with Crippen LogP contribution < -0.4 is 5.73 Å². The van der Waals surface area contributed by atoms with Crippen LogP contribution in [0.3, 0.4) is 0 Å². The lowest BCUT2D eigenvalue weighted by molar-refractivity contribution is 0.100. The van der Waals surface area contributed by atoms with Gasteiger partial charge in [0, 0.05) is 11.1 Å². The van der Waals surface area contributed by atoms with E-state index in [1.54, 1.807) is 0 Å². The van der Waals surface area contributed by atoms with Gasteiger partial charge in [0.1, 0.15) is 15.7 Å². The molecule has 7 heteroatoms. The van der Waals surface area contributed by atoms with Gasteiger partial charge in [0.2, 0.25) is 0 Å². The first-order valence-corrected chi connectivity index (χ1v) is 5.63. The third-order valence-electron chi connectivity index (χ3n) is 2.17. The van der Waals surface area contributed by atoms with E-state index in [1.165, 1.54) is 6.20 Å². The summed E-state index contributed by atoms with van der Waals surface area (Å²) in [6.07, 6.45) is -1.54. The summed E-state index contributed by atoms with van der Waals surface area (Å²) in [5.74, 6) is -1.44. The highest BCUT2D eigenvalue weighted by atomic mass is 32.1. The Kier molecular flexibility index (Phi) is 3.33. The molecular weight excluding hydrogens is 265 g/mol. The Hall–Kier alpha value is -1.89. The Morgan fingerprint density at radius 2 is 2.06 bits per heavy atom. The van der Waals surface area contributed by atoms with E-state index in [-0.39, 0.29) is 15.4 Å². The number of hydrogen-bond donors (Lipinski definition) is 1. The predicted octanol–water partition coefficient (Wildman–Crippen LogP) is 2.99. The fraction of sp³-hybridized carbons (Fsp3) is 0.0909. The number of alkyl halides is 2. The van der Waals surface area contributed by atoms with Crippen molar-refractivity contribution in [3.8, 4) is 10.6 Å². The second-order valence-electron chi connectivity index (χ2n) is 3.47. The van der Waals surface area contributed by atoms with Gasteiger partial charge in [0.15, 0.2) is 0 Å². The summed E-state index contributed by atoms with van der Waals surface area (Å²) in [6.45, 7) is 0. The number of thiazole rings is 1. The monoisotopic (exact) mass is 272 g/mol. The molecule has 94 valence electrons. The van der Waals surface area contributed by atoms with E-state index >= 15 is 0 Å². The summed E-state index contributed by atoms with van der Waals surface area (Å²) < 4.78 is 38.2. The highest BCUT2D eigenvalue weighted by Gasteiger charge is 2.14. The molecule has 2 N–H and O–H groups in total. The third kappa shape index (κ3) is 2.51. The molecule has 1 amide bonds. The SMILES string of the molecule is NC(=O)c1cnc(-c2cc(F)cc(C(F)F)c2)s1. The third-order valence-corrected chi connectivity index (χ3v) is 3.23. The van der Waals surface area contributed by atoms with Gasteiger partial charge in [-0.25, -0.2) is 18.2 Å². The maximum Gasteiger partial charge on any atom is 0.263 e. The minimum Gasteiger partial charge on any atom is -0.365 e. The summed E-state index contributed by atoms with van der Waals surface area (Å²) in [7, 11) is 0. The molecule has 0 saturated heterocycles. The van der Waals surface area contributed by atoms with Crippen molar-refractivity contribution in [2.45, 2.75) is 6.43 Å². The number of hydrogen-bond acceptors (Lipinski definition) is 3. The van der Waals surface area contributed by atoms with E-state index in [0.29, 0.717) is 0 Å². The van der Waals surface area contributed by atoms with E-state index in [9.17, 15) is 18.0 Å². The van der Waals surface area contributed by atoms with Gasteiger partial charge in [0.05, 0.1) is 6.20 Å². The Morgan fingerprint density at radius 1 is 1.33 bits per heavy atom. The van der Waals surface area contributed by atoms with Crippen molar-refractivity contribution in [2.75, 3.05) is 0 Å². The van der Waals surface area contributed by atoms with Crippen molar-refractivity contribution in [1.82, 2.24) is 4.98 Å². The Morgan fingerprint density at radius 3 is 2.61 bits per heavy atom. The van der Waals surface area contributed by atoms with Gasteiger partial charge < -0.3 is 5.73 Å². The van der Waals surface area contributed by atoms with Crippen LogP contribution in [0.4, 0.5) is 13.2 Å². The zero-order chi connectivity index (χ0) is 13.3. The molecule has 0 aliphatic carbocycles. The first-order valence-electron chi connectivity index (χ1n) is 4.82. The lowest BCUT2D eigenvalue weighted by Gasteiger charge is -2.02. The zero-order valence-corrected chi connectivity index (χ0v) is 9.68. The van der Waals surface area contributed by atoms with Gasteiger partial charge in [-0.2, -0.15) is 0 Å². The predicted molar refractivity (Wildman–Crippen MR) is 61.0 cm³/mol. The summed E-state index contributed by atoms with van der Waals surface area (Å²) in [5, 5.41) is 0.269. The normalized spacial score (nSPS) is 10.9. The fourth-order valence-electron chi connectivity index (χ4n) is 1.38. The molecule has 2 aromatic rings. The number of nitrogens with zero attached hydrogens (tertiary/aromatic N) is 1. The molecule has 1 aromatic carbocycles. The molecule has 0 aliphatic heterocycles. The molecule has 3 nitrogen and oxygen atoms in total. The smallest absolute Gasteiger partial charge is 0.263 e. The number of benzene rings is 1. The lowest BCUT2D eigenvalue weighted by Crippen LogP contribution is -2.08. The Balaban J connectivity index is 2.46. The average Bonchev–Trinajstić information content (AvgIpc) is 2.77. The van der Waals surface area contributed by atoms with Crippen molar-refractivity contribution in [2.24, 2.45) is 5.73 Å². The number of carbonyl (C=O) groups excluding carboxylic acids is 1. The van der Waals surface area contributed by atoms with E-state index in [2.05, 4.69) is 4.98 Å². The molecule has 0 radical (unpaired) electrons. The molecule has 0 saturated carbocycles. The number of rotatable bonds is 3. The maximum atomic E-state index is 13.2. The van der Waals surface area contributed by atoms with E-state index in [4.69, 9.17) is 5.73 Å². The lowest BCUT2D eigenvalue weighted by atomic mass is 10.1. The van der Waals surface area contributed by atoms with E-state index < -0.39 is 23.7 Å². The largest absolute Gasteiger partial charge is 0.365 e. The summed E-state index contributed by atoms with van der Waals surface area (Å²) in [6, 6.07) is 2.98. The number of carbonyl (C=O) groups is 1. The minimum atomic E-state index is -2.77. The molecule has 0 bridgehead atoms. The molecule has 0 atom stereocenters. The average molecular weight is 272 g/mol. The number of amides is 1. The Bertz CT molecular complexity index is 598. The summed E-state index contributed by atoms with van der Waals surface area (Å²) in [5.41, 5.74) is 4.82. The highest BCUT2D eigenvalue weighted by molar-refractivity contribution is 7.16. The number of primary amides is 1. The van der Waals surface area contributed by atoms with Crippen LogP contribution in [-0.2, 0) is 0 Å². The van der Waals surface area contributed by atoms with Crippen LogP contribution in [0.1, 0.15) is 21.7 Å². The van der Waals surface area contributed by atoms with E-state index in [1.807, 2.05) is 0 Å². The van der Waals surface area contributed by atoms with Gasteiger partial charge >= 0.3 is 0 Å². The fourth-order valence-corrected chi connectivity index (χ4v) is 2.14. The van der Waals surface area contributed by atoms with E-state index in [0.717, 1.165) is 29.5 Å². The molecule has 0 aliphatic rings. The second-order valence-corrected chi connectivity index (χ2v) is 4.50. The topological polar surface area (TPSA) is 56.0 Å². The van der Waals surface area contributed by atoms with Crippen molar-refractivity contribution >= 4 is 17.2 Å². The van der Waals surface area contributed by atoms with Crippen molar-refractivity contribution in [1.29, 1.82) is 0 Å². The van der Waals surface area contributed by atoms with Crippen LogP contribution in [0.15, 0.2) is 24.4 Å². The van der Waals surface area contributed by atoms with Crippen LogP contribution in [0.25, 0.3) is 10.6 Å². The number of halogens is 3. The molecule has 2 rings (SSSR count). The maximum absolute atomic E-state index is 13.2. The summed E-state index contributed by atoms with van der Waals surface area (Å²) >= 11 is 0.926. The van der Waals surface area contributed by atoms with Crippen LogP contribution in [0.2, 0.25) is 0 Å². The molecule has 0 fully saturated rings. The molecule has 1 aromatic heterocycles. The number of aromatic nitrogens is 1. The standard InChI is InChI=1S/C11H7F3N2OS/c12-7-2-5(9(13)14)1-6(3-7)11-16-4-8(18-11)10(15)17/h1-4,9H,(H2,15,17).